The second-order valence-corrected chi connectivity index (χ2v) is 12.1. The van der Waals surface area contributed by atoms with Gasteiger partial charge >= 0.3 is 0 Å². The monoisotopic (exact) mass is 565 g/mol. The van der Waals surface area contributed by atoms with Crippen molar-refractivity contribution in [1.82, 2.24) is 10.2 Å². The largest absolute Gasteiger partial charge is 0.350 e. The lowest BCUT2D eigenvalue weighted by Crippen LogP contribution is -2.54. The molecular weight excluding hydrogens is 540 g/mol. The summed E-state index contributed by atoms with van der Waals surface area (Å²) in [6.07, 6.45) is 0.899. The Kier molecular flexibility index (Phi) is 9.44. The number of carbonyl (C=O) groups is 2. The molecule has 1 N–H and O–H groups in total. The van der Waals surface area contributed by atoms with E-state index < -0.39 is 45.8 Å². The van der Waals surface area contributed by atoms with Crippen LogP contribution in [0.5, 0.6) is 0 Å². The molecule has 2 aromatic carbocycles. The summed E-state index contributed by atoms with van der Waals surface area (Å²) in [4.78, 5) is 27.5. The number of anilines is 1. The van der Waals surface area contributed by atoms with Crippen molar-refractivity contribution in [3.05, 3.63) is 62.8 Å². The first kappa shape index (κ1) is 29.2. The lowest BCUT2D eigenvalue weighted by Gasteiger charge is -2.33. The molecule has 1 unspecified atom stereocenters. The third-order valence-corrected chi connectivity index (χ3v) is 7.05. The summed E-state index contributed by atoms with van der Waals surface area (Å²) in [6, 6.07) is 7.26. The molecule has 0 saturated heterocycles. The number of rotatable bonds is 8. The maximum Gasteiger partial charge on any atom is 0.244 e. The molecule has 7 nitrogen and oxygen atoms in total. The molecule has 0 aliphatic carbocycles. The maximum absolute atomic E-state index is 14.4. The number of hydrogen-bond acceptors (Lipinski definition) is 4. The van der Waals surface area contributed by atoms with E-state index in [2.05, 4.69) is 5.32 Å². The van der Waals surface area contributed by atoms with Crippen LogP contribution in [0, 0.1) is 5.82 Å². The van der Waals surface area contributed by atoms with Gasteiger partial charge in [0.05, 0.1) is 27.0 Å². The van der Waals surface area contributed by atoms with Gasteiger partial charge in [-0.25, -0.2) is 12.8 Å². The van der Waals surface area contributed by atoms with Gasteiger partial charge in [-0.1, -0.05) is 53.0 Å². The van der Waals surface area contributed by atoms with Crippen molar-refractivity contribution in [3.8, 4) is 0 Å². The van der Waals surface area contributed by atoms with Crippen molar-refractivity contribution in [3.63, 3.8) is 0 Å². The quantitative estimate of drug-likeness (QED) is 0.461. The van der Waals surface area contributed by atoms with Gasteiger partial charge < -0.3 is 10.2 Å². The lowest BCUT2D eigenvalue weighted by atomic mass is 10.1. The van der Waals surface area contributed by atoms with Crippen LogP contribution in [0.2, 0.25) is 15.1 Å². The zero-order chi connectivity index (χ0) is 26.7. The lowest BCUT2D eigenvalue weighted by molar-refractivity contribution is -0.140. The van der Waals surface area contributed by atoms with Crippen LogP contribution in [0.15, 0.2) is 36.4 Å². The Bertz CT molecular complexity index is 1220. The first-order valence-electron chi connectivity index (χ1n) is 10.5. The summed E-state index contributed by atoms with van der Waals surface area (Å²) in [5.41, 5.74) is -0.492. The van der Waals surface area contributed by atoms with E-state index in [-0.39, 0.29) is 32.9 Å². The molecule has 2 aromatic rings. The van der Waals surface area contributed by atoms with E-state index in [1.54, 1.807) is 26.8 Å². The van der Waals surface area contributed by atoms with Crippen LogP contribution in [-0.4, -0.2) is 49.5 Å². The van der Waals surface area contributed by atoms with Crippen molar-refractivity contribution < 1.29 is 22.4 Å². The van der Waals surface area contributed by atoms with Crippen LogP contribution in [-0.2, 0) is 26.2 Å². The first-order valence-corrected chi connectivity index (χ1v) is 13.5. The topological polar surface area (TPSA) is 86.8 Å². The normalized spacial score (nSPS) is 12.7. The maximum atomic E-state index is 14.4. The van der Waals surface area contributed by atoms with E-state index in [0.717, 1.165) is 15.5 Å². The summed E-state index contributed by atoms with van der Waals surface area (Å²) < 4.78 is 40.4. The highest BCUT2D eigenvalue weighted by Crippen LogP contribution is 2.35. The van der Waals surface area contributed by atoms with Crippen molar-refractivity contribution in [2.45, 2.75) is 45.8 Å². The standard InChI is InChI=1S/C23H27Cl3FN3O4S/c1-14(22(32)28-23(2,3)4)29(12-15-8-6-7-9-19(15)27)21(31)13-30(35(5,33)34)20-11-17(25)16(24)10-18(20)26/h6-11,14H,12-13H2,1-5H3,(H,28,32). The molecule has 0 radical (unpaired) electrons. The highest BCUT2D eigenvalue weighted by molar-refractivity contribution is 7.92. The fourth-order valence-corrected chi connectivity index (χ4v) is 4.71. The van der Waals surface area contributed by atoms with Crippen molar-refractivity contribution in [2.24, 2.45) is 0 Å². The molecule has 0 aliphatic rings. The number of carbonyl (C=O) groups excluding carboxylic acids is 2. The van der Waals surface area contributed by atoms with E-state index in [0.29, 0.717) is 0 Å². The predicted octanol–water partition coefficient (Wildman–Crippen LogP) is 4.88. The molecule has 0 saturated carbocycles. The zero-order valence-electron chi connectivity index (χ0n) is 19.9. The zero-order valence-corrected chi connectivity index (χ0v) is 23.0. The second kappa shape index (κ2) is 11.3. The van der Waals surface area contributed by atoms with Crippen LogP contribution in [0.3, 0.4) is 0 Å². The number of hydrogen-bond donors (Lipinski definition) is 1. The van der Waals surface area contributed by atoms with E-state index >= 15 is 0 Å². The Balaban J connectivity index is 2.49. The second-order valence-electron chi connectivity index (χ2n) is 9.02. The van der Waals surface area contributed by atoms with Gasteiger partial charge in [0.25, 0.3) is 0 Å². The fourth-order valence-electron chi connectivity index (χ4n) is 3.16. The minimum Gasteiger partial charge on any atom is -0.350 e. The number of sulfonamides is 1. The van der Waals surface area contributed by atoms with Crippen molar-refractivity contribution >= 4 is 62.3 Å². The molecule has 0 bridgehead atoms. The van der Waals surface area contributed by atoms with E-state index in [1.165, 1.54) is 37.3 Å². The number of halogens is 4. The Hall–Kier alpha value is -2.07. The molecule has 1 atom stereocenters. The Morgan fingerprint density at radius 1 is 1.06 bits per heavy atom. The Labute approximate surface area is 220 Å². The SMILES string of the molecule is CC(C(=O)NC(C)(C)C)N(Cc1ccccc1F)C(=O)CN(c1cc(Cl)c(Cl)cc1Cl)S(C)(=O)=O. The first-order chi connectivity index (χ1) is 16.0. The van der Waals surface area contributed by atoms with Gasteiger partial charge in [-0.3, -0.25) is 13.9 Å². The summed E-state index contributed by atoms with van der Waals surface area (Å²) in [6.45, 7) is 5.83. The molecule has 192 valence electrons. The highest BCUT2D eigenvalue weighted by atomic mass is 35.5. The number of benzene rings is 2. The third-order valence-electron chi connectivity index (χ3n) is 4.90. The number of amides is 2. The molecular formula is C23H27Cl3FN3O4S. The van der Waals surface area contributed by atoms with Gasteiger partial charge in [0.2, 0.25) is 21.8 Å². The molecule has 0 spiro atoms. The van der Waals surface area contributed by atoms with Crippen LogP contribution in [0.4, 0.5) is 10.1 Å². The van der Waals surface area contributed by atoms with Gasteiger partial charge in [0.15, 0.2) is 0 Å². The minimum absolute atomic E-state index is 0.0355. The van der Waals surface area contributed by atoms with Gasteiger partial charge in [-0.15, -0.1) is 0 Å². The minimum atomic E-state index is -4.03. The Morgan fingerprint density at radius 2 is 1.63 bits per heavy atom. The van der Waals surface area contributed by atoms with Gasteiger partial charge in [0, 0.05) is 17.6 Å². The Morgan fingerprint density at radius 3 is 2.17 bits per heavy atom. The van der Waals surface area contributed by atoms with Crippen LogP contribution in [0.1, 0.15) is 33.3 Å². The average molecular weight is 567 g/mol. The molecule has 0 heterocycles. The summed E-state index contributed by atoms with van der Waals surface area (Å²) >= 11 is 18.2. The molecule has 0 fully saturated rings. The summed E-state index contributed by atoms with van der Waals surface area (Å²) in [5.74, 6) is -1.81. The molecule has 0 aromatic heterocycles. The highest BCUT2D eigenvalue weighted by Gasteiger charge is 2.32. The molecule has 35 heavy (non-hydrogen) atoms. The van der Waals surface area contributed by atoms with Gasteiger partial charge in [-0.05, 0) is 45.9 Å². The van der Waals surface area contributed by atoms with Gasteiger partial charge in [0.1, 0.15) is 18.4 Å². The van der Waals surface area contributed by atoms with Crippen LogP contribution >= 0.6 is 34.8 Å². The van der Waals surface area contributed by atoms with Crippen LogP contribution < -0.4 is 9.62 Å². The molecule has 0 aliphatic heterocycles. The number of nitrogens with zero attached hydrogens (tertiary/aromatic N) is 2. The molecule has 2 amide bonds. The summed E-state index contributed by atoms with van der Waals surface area (Å²) in [7, 11) is -4.03. The molecule has 12 heteroatoms. The van der Waals surface area contributed by atoms with Crippen LogP contribution in [0.25, 0.3) is 0 Å². The van der Waals surface area contributed by atoms with E-state index in [9.17, 15) is 22.4 Å². The predicted molar refractivity (Wildman–Crippen MR) is 138 cm³/mol. The molecule has 2 rings (SSSR count). The fraction of sp³-hybridized carbons (Fsp3) is 0.391. The van der Waals surface area contributed by atoms with E-state index in [4.69, 9.17) is 34.8 Å². The van der Waals surface area contributed by atoms with Gasteiger partial charge in [-0.2, -0.15) is 0 Å². The van der Waals surface area contributed by atoms with Crippen molar-refractivity contribution in [2.75, 3.05) is 17.1 Å². The average Bonchev–Trinajstić information content (AvgIpc) is 2.71. The smallest absolute Gasteiger partial charge is 0.244 e. The van der Waals surface area contributed by atoms with E-state index in [1.807, 2.05) is 0 Å². The third kappa shape index (κ3) is 7.96. The van der Waals surface area contributed by atoms with Crippen molar-refractivity contribution in [1.29, 1.82) is 0 Å². The summed E-state index contributed by atoms with van der Waals surface area (Å²) in [5, 5.41) is 2.88. The number of nitrogens with one attached hydrogen (secondary N) is 1.